The van der Waals surface area contributed by atoms with Gasteiger partial charge in [-0.3, -0.25) is 0 Å². The number of nitrogens with one attached hydrogen (secondary N) is 1. The van der Waals surface area contributed by atoms with Crippen molar-refractivity contribution in [1.82, 2.24) is 19.5 Å². The lowest BCUT2D eigenvalue weighted by atomic mass is 10.2. The second kappa shape index (κ2) is 7.82. The summed E-state index contributed by atoms with van der Waals surface area (Å²) in [6.45, 7) is 1.00. The van der Waals surface area contributed by atoms with E-state index in [-0.39, 0.29) is 11.8 Å². The number of thiazole rings is 1. The maximum Gasteiger partial charge on any atom is 0.322 e. The summed E-state index contributed by atoms with van der Waals surface area (Å²) in [5.74, 6) is 0.806. The highest BCUT2D eigenvalue weighted by Gasteiger charge is 2.27. The Bertz CT molecular complexity index is 1290. The molecular weight excluding hydrogens is 441 g/mol. The molecule has 5 rings (SSSR count). The molecule has 2 amide bonds. The highest BCUT2D eigenvalue weighted by atomic mass is 35.5. The van der Waals surface area contributed by atoms with E-state index in [1.807, 2.05) is 4.52 Å². The number of urea groups is 1. The number of carbonyl (C=O) groups is 1. The molecule has 2 aromatic heterocycles. The summed E-state index contributed by atoms with van der Waals surface area (Å²) in [5.41, 5.74) is 2.33. The van der Waals surface area contributed by atoms with E-state index in [0.717, 1.165) is 21.1 Å². The van der Waals surface area contributed by atoms with Gasteiger partial charge in [0, 0.05) is 28.4 Å². The average molecular weight is 458 g/mol. The van der Waals surface area contributed by atoms with Gasteiger partial charge in [-0.1, -0.05) is 22.9 Å². The Morgan fingerprint density at radius 2 is 2.06 bits per heavy atom. The molecule has 1 N–H and O–H groups in total. The molecule has 0 fully saturated rings. The highest BCUT2D eigenvalue weighted by Crippen LogP contribution is 2.31. The van der Waals surface area contributed by atoms with Gasteiger partial charge in [-0.2, -0.15) is 4.98 Å². The van der Waals surface area contributed by atoms with Crippen molar-refractivity contribution in [2.45, 2.75) is 13.0 Å². The Morgan fingerprint density at radius 3 is 2.84 bits per heavy atom. The molecule has 0 saturated heterocycles. The third kappa shape index (κ3) is 3.70. The van der Waals surface area contributed by atoms with Crippen molar-refractivity contribution < 1.29 is 13.9 Å². The molecule has 31 heavy (non-hydrogen) atoms. The number of hydrogen-bond acceptors (Lipinski definition) is 5. The summed E-state index contributed by atoms with van der Waals surface area (Å²) in [4.78, 5) is 20.9. The molecule has 4 aromatic rings. The maximum absolute atomic E-state index is 13.2. The quantitative estimate of drug-likeness (QED) is 0.477. The number of aromatic nitrogens is 3. The van der Waals surface area contributed by atoms with Crippen LogP contribution in [0.25, 0.3) is 16.3 Å². The van der Waals surface area contributed by atoms with Crippen LogP contribution in [0.1, 0.15) is 10.6 Å². The van der Waals surface area contributed by atoms with Crippen molar-refractivity contribution in [3.63, 3.8) is 0 Å². The second-order valence-electron chi connectivity index (χ2n) is 7.05. The van der Waals surface area contributed by atoms with E-state index < -0.39 is 0 Å². The van der Waals surface area contributed by atoms with Crippen molar-refractivity contribution in [1.29, 1.82) is 0 Å². The molecular formula is C21H17ClFN5O2S. The summed E-state index contributed by atoms with van der Waals surface area (Å²) in [6, 6.07) is 11.0. The van der Waals surface area contributed by atoms with E-state index in [0.29, 0.717) is 41.8 Å². The third-order valence-corrected chi connectivity index (χ3v) is 6.41. The summed E-state index contributed by atoms with van der Waals surface area (Å²) < 4.78 is 20.3. The minimum absolute atomic E-state index is 0.225. The number of halogens is 2. The van der Waals surface area contributed by atoms with Gasteiger partial charge in [0.2, 0.25) is 4.96 Å². The van der Waals surface area contributed by atoms with E-state index in [2.05, 4.69) is 15.4 Å². The fourth-order valence-electron chi connectivity index (χ4n) is 3.56. The fraction of sp³-hybridized carbons (Fsp3) is 0.190. The zero-order chi connectivity index (χ0) is 21.5. The van der Waals surface area contributed by atoms with Crippen LogP contribution in [0.15, 0.2) is 42.5 Å². The first-order chi connectivity index (χ1) is 15.0. The average Bonchev–Trinajstić information content (AvgIpc) is 3.32. The molecule has 2 aromatic carbocycles. The van der Waals surface area contributed by atoms with Gasteiger partial charge in [-0.15, -0.1) is 5.10 Å². The summed E-state index contributed by atoms with van der Waals surface area (Å²) in [7, 11) is 1.54. The lowest BCUT2D eigenvalue weighted by Crippen LogP contribution is -2.38. The predicted octanol–water partition coefficient (Wildman–Crippen LogP) is 4.85. The van der Waals surface area contributed by atoms with E-state index >= 15 is 0 Å². The van der Waals surface area contributed by atoms with Crippen LogP contribution < -0.4 is 10.1 Å². The van der Waals surface area contributed by atoms with E-state index in [1.165, 1.54) is 23.5 Å². The number of fused-ring (bicyclic) bond motifs is 3. The summed E-state index contributed by atoms with van der Waals surface area (Å²) in [5, 5.41) is 7.99. The highest BCUT2D eigenvalue weighted by molar-refractivity contribution is 7.17. The molecule has 1 aliphatic rings. The van der Waals surface area contributed by atoms with Gasteiger partial charge in [-0.25, -0.2) is 13.7 Å². The summed E-state index contributed by atoms with van der Waals surface area (Å²) in [6.07, 6.45) is 0.654. The van der Waals surface area contributed by atoms with Crippen molar-refractivity contribution >= 4 is 39.6 Å². The summed E-state index contributed by atoms with van der Waals surface area (Å²) >= 11 is 7.56. The topological polar surface area (TPSA) is 71.8 Å². The molecule has 0 unspecified atom stereocenters. The minimum atomic E-state index is -0.295. The molecule has 0 radical (unpaired) electrons. The largest absolute Gasteiger partial charge is 0.495 e. The molecule has 1 aliphatic heterocycles. The lowest BCUT2D eigenvalue weighted by Gasteiger charge is -2.27. The standard InChI is InChI=1S/C21H17ClFN5O2S/c1-30-17-7-4-13(22)10-15(17)24-20(29)27-9-8-16-18(11-27)31-21-25-19(26-28(16)21)12-2-5-14(23)6-3-12/h2-7,10H,8-9,11H2,1H3,(H,24,29). The molecule has 0 atom stereocenters. The van der Waals surface area contributed by atoms with Gasteiger partial charge >= 0.3 is 6.03 Å². The van der Waals surface area contributed by atoms with Gasteiger partial charge in [0.05, 0.1) is 25.0 Å². The Kier molecular flexibility index (Phi) is 4.99. The van der Waals surface area contributed by atoms with Gasteiger partial charge in [-0.05, 0) is 42.5 Å². The number of amides is 2. The second-order valence-corrected chi connectivity index (χ2v) is 8.55. The number of nitrogens with zero attached hydrogens (tertiary/aromatic N) is 4. The Labute approximate surface area is 186 Å². The Hall–Kier alpha value is -3.17. The monoisotopic (exact) mass is 457 g/mol. The zero-order valence-corrected chi connectivity index (χ0v) is 18.0. The van der Waals surface area contributed by atoms with Crippen LogP contribution in [0.2, 0.25) is 5.02 Å². The van der Waals surface area contributed by atoms with Gasteiger partial charge in [0.15, 0.2) is 5.82 Å². The van der Waals surface area contributed by atoms with Crippen LogP contribution in [0.3, 0.4) is 0 Å². The molecule has 0 spiro atoms. The molecule has 10 heteroatoms. The number of rotatable bonds is 3. The van der Waals surface area contributed by atoms with Crippen LogP contribution >= 0.6 is 22.9 Å². The van der Waals surface area contributed by atoms with Crippen LogP contribution in [0, 0.1) is 5.82 Å². The van der Waals surface area contributed by atoms with Crippen LogP contribution in [0.5, 0.6) is 5.75 Å². The minimum Gasteiger partial charge on any atom is -0.495 e. The third-order valence-electron chi connectivity index (χ3n) is 5.12. The zero-order valence-electron chi connectivity index (χ0n) is 16.4. The number of methoxy groups -OCH3 is 1. The predicted molar refractivity (Wildman–Crippen MR) is 117 cm³/mol. The SMILES string of the molecule is COc1ccc(Cl)cc1NC(=O)N1CCc2c(sc3nc(-c4ccc(F)cc4)nn23)C1. The number of ether oxygens (including phenoxy) is 1. The number of carbonyl (C=O) groups excluding carboxylic acids is 1. The van der Waals surface area contributed by atoms with Crippen LogP contribution in [-0.2, 0) is 13.0 Å². The lowest BCUT2D eigenvalue weighted by molar-refractivity contribution is 0.206. The van der Waals surface area contributed by atoms with Gasteiger partial charge in [0.1, 0.15) is 11.6 Å². The van der Waals surface area contributed by atoms with E-state index in [1.54, 1.807) is 42.3 Å². The molecule has 158 valence electrons. The fourth-order valence-corrected chi connectivity index (χ4v) is 4.84. The van der Waals surface area contributed by atoms with Crippen LogP contribution in [-0.4, -0.2) is 39.2 Å². The molecule has 0 aliphatic carbocycles. The van der Waals surface area contributed by atoms with Crippen molar-refractivity contribution in [3.8, 4) is 17.1 Å². The maximum atomic E-state index is 13.2. The Morgan fingerprint density at radius 1 is 1.26 bits per heavy atom. The van der Waals surface area contributed by atoms with Gasteiger partial charge < -0.3 is 15.0 Å². The van der Waals surface area contributed by atoms with Crippen molar-refractivity contribution in [3.05, 3.63) is 63.9 Å². The smallest absolute Gasteiger partial charge is 0.322 e. The normalized spacial score (nSPS) is 13.3. The van der Waals surface area contributed by atoms with Crippen molar-refractivity contribution in [2.24, 2.45) is 0 Å². The molecule has 0 bridgehead atoms. The van der Waals surface area contributed by atoms with E-state index in [9.17, 15) is 9.18 Å². The molecule has 0 saturated carbocycles. The number of benzene rings is 2. The first-order valence-corrected chi connectivity index (χ1v) is 10.7. The number of anilines is 1. The molecule has 7 nitrogen and oxygen atoms in total. The Balaban J connectivity index is 1.36. The van der Waals surface area contributed by atoms with E-state index in [4.69, 9.17) is 16.3 Å². The van der Waals surface area contributed by atoms with Crippen molar-refractivity contribution in [2.75, 3.05) is 19.0 Å². The van der Waals surface area contributed by atoms with Crippen LogP contribution in [0.4, 0.5) is 14.9 Å². The molecule has 3 heterocycles. The first kappa shape index (κ1) is 19.8. The first-order valence-electron chi connectivity index (χ1n) is 9.54. The van der Waals surface area contributed by atoms with Gasteiger partial charge in [0.25, 0.3) is 0 Å². The number of hydrogen-bond donors (Lipinski definition) is 1.